The predicted molar refractivity (Wildman–Crippen MR) is 44.1 cm³/mol. The van der Waals surface area contributed by atoms with Gasteiger partial charge in [0.05, 0.1) is 4.88 Å². The minimum Gasteiger partial charge on any atom is -0.297 e. The zero-order chi connectivity index (χ0) is 7.40. The van der Waals surface area contributed by atoms with Gasteiger partial charge in [0, 0.05) is 10.8 Å². The third-order valence-electron chi connectivity index (χ3n) is 1.14. The van der Waals surface area contributed by atoms with E-state index < -0.39 is 0 Å². The van der Waals surface area contributed by atoms with E-state index in [9.17, 15) is 4.79 Å². The maximum absolute atomic E-state index is 10.2. The summed E-state index contributed by atoms with van der Waals surface area (Å²) in [5.74, 6) is 0.624. The summed E-state index contributed by atoms with van der Waals surface area (Å²) in [6.07, 6.45) is 1.72. The molecule has 1 aromatic rings. The van der Waals surface area contributed by atoms with Gasteiger partial charge in [0.25, 0.3) is 0 Å². The van der Waals surface area contributed by atoms with E-state index in [1.165, 1.54) is 16.2 Å². The molecule has 3 heteroatoms. The molecule has 54 valence electrons. The van der Waals surface area contributed by atoms with Gasteiger partial charge >= 0.3 is 0 Å². The van der Waals surface area contributed by atoms with Gasteiger partial charge in [-0.25, -0.2) is 0 Å². The molecule has 1 aromatic heterocycles. The lowest BCUT2D eigenvalue weighted by Crippen LogP contribution is -1.77. The van der Waals surface area contributed by atoms with Gasteiger partial charge in [0.1, 0.15) is 0 Å². The fraction of sp³-hybridized carbons (Fsp3) is 0.286. The smallest absolute Gasteiger partial charge is 0.160 e. The Labute approximate surface area is 68.6 Å². The Bertz CT molecular complexity index is 219. The molecule has 0 fully saturated rings. The van der Waals surface area contributed by atoms with Gasteiger partial charge in [-0.1, -0.05) is 0 Å². The van der Waals surface area contributed by atoms with E-state index in [2.05, 4.69) is 0 Å². The number of carbonyl (C=O) groups is 1. The highest BCUT2D eigenvalue weighted by Crippen LogP contribution is 2.14. The standard InChI is InChI=1S/C7H7ClOS/c8-4-3-6-1-2-7(5-9)10-6/h1-2,5H,3-4H2. The molecule has 1 heterocycles. The van der Waals surface area contributed by atoms with E-state index in [0.717, 1.165) is 17.6 Å². The molecule has 0 spiro atoms. The highest BCUT2D eigenvalue weighted by Gasteiger charge is 1.96. The Morgan fingerprint density at radius 1 is 1.60 bits per heavy atom. The maximum atomic E-state index is 10.2. The molecule has 0 amide bonds. The number of thiophene rings is 1. The fourth-order valence-corrected chi connectivity index (χ4v) is 1.83. The van der Waals surface area contributed by atoms with Crippen molar-refractivity contribution in [3.8, 4) is 0 Å². The number of alkyl halides is 1. The lowest BCUT2D eigenvalue weighted by atomic mass is 10.4. The number of carbonyl (C=O) groups excluding carboxylic acids is 1. The fourth-order valence-electron chi connectivity index (χ4n) is 0.685. The second kappa shape index (κ2) is 3.74. The minimum absolute atomic E-state index is 0.624. The van der Waals surface area contributed by atoms with E-state index in [4.69, 9.17) is 11.6 Å². The molecule has 0 aliphatic heterocycles. The molecule has 0 unspecified atom stereocenters. The zero-order valence-electron chi connectivity index (χ0n) is 5.34. The largest absolute Gasteiger partial charge is 0.297 e. The van der Waals surface area contributed by atoms with Crippen molar-refractivity contribution in [2.24, 2.45) is 0 Å². The molecule has 0 aromatic carbocycles. The van der Waals surface area contributed by atoms with Gasteiger partial charge in [0.15, 0.2) is 6.29 Å². The van der Waals surface area contributed by atoms with Crippen LogP contribution in [0.5, 0.6) is 0 Å². The molecule has 0 radical (unpaired) electrons. The normalized spacial score (nSPS) is 9.70. The van der Waals surface area contributed by atoms with Gasteiger partial charge < -0.3 is 0 Å². The average molecular weight is 175 g/mol. The summed E-state index contributed by atoms with van der Waals surface area (Å²) in [6, 6.07) is 3.76. The van der Waals surface area contributed by atoms with Crippen molar-refractivity contribution in [1.29, 1.82) is 0 Å². The quantitative estimate of drug-likeness (QED) is 0.508. The molecule has 0 aliphatic rings. The van der Waals surface area contributed by atoms with Gasteiger partial charge in [-0.05, 0) is 18.6 Å². The van der Waals surface area contributed by atoms with Crippen molar-refractivity contribution in [1.82, 2.24) is 0 Å². The first-order chi connectivity index (χ1) is 4.86. The Hall–Kier alpha value is -0.340. The van der Waals surface area contributed by atoms with Gasteiger partial charge in [-0.3, -0.25) is 4.79 Å². The summed E-state index contributed by atoms with van der Waals surface area (Å²) in [5, 5.41) is 0. The Morgan fingerprint density at radius 2 is 2.40 bits per heavy atom. The van der Waals surface area contributed by atoms with E-state index in [1.54, 1.807) is 0 Å². The van der Waals surface area contributed by atoms with Crippen LogP contribution in [0.3, 0.4) is 0 Å². The molecule has 0 aliphatic carbocycles. The first kappa shape index (κ1) is 7.76. The van der Waals surface area contributed by atoms with Crippen LogP contribution in [0.2, 0.25) is 0 Å². The number of hydrogen-bond acceptors (Lipinski definition) is 2. The predicted octanol–water partition coefficient (Wildman–Crippen LogP) is 2.34. The third kappa shape index (κ3) is 1.82. The van der Waals surface area contributed by atoms with Crippen LogP contribution >= 0.6 is 22.9 Å². The Balaban J connectivity index is 2.68. The van der Waals surface area contributed by atoms with Crippen molar-refractivity contribution >= 4 is 29.2 Å². The molecule has 1 nitrogen and oxygen atoms in total. The van der Waals surface area contributed by atoms with Crippen LogP contribution in [0.4, 0.5) is 0 Å². The summed E-state index contributed by atoms with van der Waals surface area (Å²) in [7, 11) is 0. The molecule has 10 heavy (non-hydrogen) atoms. The lowest BCUT2D eigenvalue weighted by molar-refractivity contribution is 0.112. The van der Waals surface area contributed by atoms with Crippen molar-refractivity contribution < 1.29 is 4.79 Å². The van der Waals surface area contributed by atoms with Crippen molar-refractivity contribution in [3.05, 3.63) is 21.9 Å². The van der Waals surface area contributed by atoms with E-state index in [-0.39, 0.29) is 0 Å². The number of aldehydes is 1. The highest BCUT2D eigenvalue weighted by molar-refractivity contribution is 7.13. The molecule has 0 atom stereocenters. The molecule has 0 saturated heterocycles. The number of rotatable bonds is 3. The Kier molecular flexibility index (Phi) is 2.90. The van der Waals surface area contributed by atoms with Crippen molar-refractivity contribution in [2.45, 2.75) is 6.42 Å². The van der Waals surface area contributed by atoms with Crippen molar-refractivity contribution in [2.75, 3.05) is 5.88 Å². The van der Waals surface area contributed by atoms with Gasteiger partial charge in [0.2, 0.25) is 0 Å². The van der Waals surface area contributed by atoms with Crippen molar-refractivity contribution in [3.63, 3.8) is 0 Å². The summed E-state index contributed by atoms with van der Waals surface area (Å²) in [6.45, 7) is 0. The molecule has 1 rings (SSSR count). The maximum Gasteiger partial charge on any atom is 0.160 e. The monoisotopic (exact) mass is 174 g/mol. The molecular weight excluding hydrogens is 168 g/mol. The first-order valence-corrected chi connectivity index (χ1v) is 4.32. The first-order valence-electron chi connectivity index (χ1n) is 2.96. The van der Waals surface area contributed by atoms with Gasteiger partial charge in [-0.2, -0.15) is 0 Å². The van der Waals surface area contributed by atoms with Crippen LogP contribution in [-0.4, -0.2) is 12.2 Å². The minimum atomic E-state index is 0.624. The number of hydrogen-bond donors (Lipinski definition) is 0. The second-order valence-electron chi connectivity index (χ2n) is 1.86. The van der Waals surface area contributed by atoms with E-state index in [1.807, 2.05) is 12.1 Å². The topological polar surface area (TPSA) is 17.1 Å². The highest BCUT2D eigenvalue weighted by atomic mass is 35.5. The zero-order valence-corrected chi connectivity index (χ0v) is 6.91. The SMILES string of the molecule is O=Cc1ccc(CCCl)s1. The number of halogens is 1. The van der Waals surface area contributed by atoms with Crippen LogP contribution in [0.1, 0.15) is 14.5 Å². The average Bonchev–Trinajstić information content (AvgIpc) is 2.37. The second-order valence-corrected chi connectivity index (χ2v) is 3.44. The van der Waals surface area contributed by atoms with E-state index in [0.29, 0.717) is 5.88 Å². The van der Waals surface area contributed by atoms with Gasteiger partial charge in [-0.15, -0.1) is 22.9 Å². The summed E-state index contributed by atoms with van der Waals surface area (Å²) in [4.78, 5) is 12.2. The van der Waals surface area contributed by atoms with Crippen LogP contribution in [0, 0.1) is 0 Å². The Morgan fingerprint density at radius 3 is 2.90 bits per heavy atom. The summed E-state index contributed by atoms with van der Waals surface area (Å²) < 4.78 is 0. The third-order valence-corrected chi connectivity index (χ3v) is 2.40. The summed E-state index contributed by atoms with van der Waals surface area (Å²) in [5.41, 5.74) is 0. The van der Waals surface area contributed by atoms with E-state index >= 15 is 0 Å². The van der Waals surface area contributed by atoms with Crippen LogP contribution < -0.4 is 0 Å². The van der Waals surface area contributed by atoms with Crippen LogP contribution in [0.15, 0.2) is 12.1 Å². The molecule has 0 bridgehead atoms. The lowest BCUT2D eigenvalue weighted by Gasteiger charge is -1.85. The summed E-state index contributed by atoms with van der Waals surface area (Å²) >= 11 is 7.01. The molecular formula is C7H7ClOS. The van der Waals surface area contributed by atoms with Crippen LogP contribution in [-0.2, 0) is 6.42 Å². The number of aryl methyl sites for hydroxylation is 1. The van der Waals surface area contributed by atoms with Crippen LogP contribution in [0.25, 0.3) is 0 Å². The molecule has 0 N–H and O–H groups in total. The molecule has 0 saturated carbocycles.